The minimum Gasteiger partial charge on any atom is -0.496 e. The number of nitrogens with one attached hydrogen (secondary N) is 1. The van der Waals surface area contributed by atoms with Crippen molar-refractivity contribution in [2.45, 2.75) is 26.2 Å². The van der Waals surface area contributed by atoms with Crippen molar-refractivity contribution in [3.8, 4) is 5.75 Å². The Labute approximate surface area is 126 Å². The van der Waals surface area contributed by atoms with Crippen LogP contribution in [-0.4, -0.2) is 13.0 Å². The van der Waals surface area contributed by atoms with Gasteiger partial charge in [-0.25, -0.2) is 0 Å². The van der Waals surface area contributed by atoms with Crippen LogP contribution in [0, 0.1) is 6.92 Å². The molecule has 0 aliphatic rings. The third-order valence-electron chi connectivity index (χ3n) is 3.74. The molecule has 0 saturated carbocycles. The summed E-state index contributed by atoms with van der Waals surface area (Å²) in [7, 11) is 1.62. The van der Waals surface area contributed by atoms with Crippen LogP contribution in [0.5, 0.6) is 5.75 Å². The highest BCUT2D eigenvalue weighted by atomic mass is 16.5. The molecule has 0 aliphatic carbocycles. The maximum absolute atomic E-state index is 12.7. The molecule has 0 unspecified atom stereocenters. The number of carbonyl (C=O) groups excluding carboxylic acids is 1. The van der Waals surface area contributed by atoms with Gasteiger partial charge >= 0.3 is 0 Å². The molecule has 110 valence electrons. The highest BCUT2D eigenvalue weighted by Crippen LogP contribution is 2.32. The van der Waals surface area contributed by atoms with E-state index in [0.717, 1.165) is 22.6 Å². The number of benzene rings is 2. The van der Waals surface area contributed by atoms with Crippen LogP contribution in [-0.2, 0) is 10.2 Å². The van der Waals surface area contributed by atoms with Crippen LogP contribution in [0.25, 0.3) is 0 Å². The summed E-state index contributed by atoms with van der Waals surface area (Å²) in [4.78, 5) is 12.7. The Balaban J connectivity index is 2.31. The van der Waals surface area contributed by atoms with Crippen LogP contribution in [0.3, 0.4) is 0 Å². The highest BCUT2D eigenvalue weighted by molar-refractivity contribution is 5.99. The molecule has 1 N–H and O–H groups in total. The second kappa shape index (κ2) is 6.00. The molecule has 0 heterocycles. The molecule has 2 rings (SSSR count). The van der Waals surface area contributed by atoms with Gasteiger partial charge in [0.25, 0.3) is 0 Å². The average Bonchev–Trinajstić information content (AvgIpc) is 2.49. The zero-order valence-corrected chi connectivity index (χ0v) is 12.9. The zero-order valence-electron chi connectivity index (χ0n) is 12.9. The first-order valence-electron chi connectivity index (χ1n) is 6.97. The molecule has 0 bridgehead atoms. The normalized spacial score (nSPS) is 11.0. The van der Waals surface area contributed by atoms with E-state index in [4.69, 9.17) is 4.74 Å². The lowest BCUT2D eigenvalue weighted by molar-refractivity contribution is -0.120. The van der Waals surface area contributed by atoms with E-state index < -0.39 is 5.41 Å². The number of carbonyl (C=O) groups is 1. The predicted octanol–water partition coefficient (Wildman–Crippen LogP) is 3.92. The van der Waals surface area contributed by atoms with E-state index in [1.54, 1.807) is 7.11 Å². The van der Waals surface area contributed by atoms with Crippen molar-refractivity contribution in [1.29, 1.82) is 0 Å². The number of hydrogen-bond acceptors (Lipinski definition) is 2. The Morgan fingerprint density at radius 2 is 1.67 bits per heavy atom. The summed E-state index contributed by atoms with van der Waals surface area (Å²) in [5.41, 5.74) is 2.07. The number of amides is 1. The summed E-state index contributed by atoms with van der Waals surface area (Å²) in [6.45, 7) is 5.78. The molecule has 0 saturated heterocycles. The van der Waals surface area contributed by atoms with Crippen molar-refractivity contribution < 1.29 is 9.53 Å². The maximum Gasteiger partial charge on any atom is 0.234 e. The number of hydrogen-bond donors (Lipinski definition) is 1. The van der Waals surface area contributed by atoms with Crippen LogP contribution in [0.15, 0.2) is 48.5 Å². The fourth-order valence-electron chi connectivity index (χ4n) is 2.28. The van der Waals surface area contributed by atoms with Crippen molar-refractivity contribution in [3.05, 3.63) is 59.7 Å². The summed E-state index contributed by atoms with van der Waals surface area (Å²) < 4.78 is 5.38. The molecular weight excluding hydrogens is 262 g/mol. The third kappa shape index (κ3) is 3.07. The summed E-state index contributed by atoms with van der Waals surface area (Å²) in [5.74, 6) is 0.670. The van der Waals surface area contributed by atoms with Crippen LogP contribution in [0.2, 0.25) is 0 Å². The molecule has 3 heteroatoms. The van der Waals surface area contributed by atoms with Gasteiger partial charge in [0.05, 0.1) is 12.5 Å². The van der Waals surface area contributed by atoms with Gasteiger partial charge in [-0.3, -0.25) is 4.79 Å². The maximum atomic E-state index is 12.7. The SMILES string of the molecule is COc1ccccc1C(C)(C)C(=O)Nc1ccccc1C. The lowest BCUT2D eigenvalue weighted by atomic mass is 9.83. The van der Waals surface area contributed by atoms with Crippen molar-refractivity contribution in [3.63, 3.8) is 0 Å². The van der Waals surface area contributed by atoms with Crippen LogP contribution in [0.4, 0.5) is 5.69 Å². The lowest BCUT2D eigenvalue weighted by Crippen LogP contribution is -2.35. The molecule has 0 spiro atoms. The number of aryl methyl sites for hydroxylation is 1. The number of ether oxygens (including phenoxy) is 1. The van der Waals surface area contributed by atoms with Gasteiger partial charge in [-0.2, -0.15) is 0 Å². The first-order valence-corrected chi connectivity index (χ1v) is 6.97. The minimum absolute atomic E-state index is 0.0544. The smallest absolute Gasteiger partial charge is 0.234 e. The van der Waals surface area contributed by atoms with Gasteiger partial charge in [0.2, 0.25) is 5.91 Å². The Hall–Kier alpha value is -2.29. The molecule has 3 nitrogen and oxygen atoms in total. The van der Waals surface area contributed by atoms with Gasteiger partial charge < -0.3 is 10.1 Å². The van der Waals surface area contributed by atoms with E-state index in [0.29, 0.717) is 0 Å². The van der Waals surface area contributed by atoms with Gasteiger partial charge in [-0.1, -0.05) is 36.4 Å². The van der Waals surface area contributed by atoms with Gasteiger partial charge in [0.15, 0.2) is 0 Å². The number of methoxy groups -OCH3 is 1. The predicted molar refractivity (Wildman–Crippen MR) is 85.8 cm³/mol. The van der Waals surface area contributed by atoms with Crippen LogP contribution < -0.4 is 10.1 Å². The molecule has 2 aromatic rings. The number of rotatable bonds is 4. The Bertz CT molecular complexity index is 647. The Kier molecular flexibility index (Phi) is 4.32. The van der Waals surface area contributed by atoms with E-state index in [1.807, 2.05) is 69.3 Å². The second-order valence-corrected chi connectivity index (χ2v) is 5.59. The van der Waals surface area contributed by atoms with E-state index in [2.05, 4.69) is 5.32 Å². The fraction of sp³-hybridized carbons (Fsp3) is 0.278. The third-order valence-corrected chi connectivity index (χ3v) is 3.74. The first kappa shape index (κ1) is 15.1. The monoisotopic (exact) mass is 283 g/mol. The summed E-state index contributed by atoms with van der Waals surface area (Å²) >= 11 is 0. The second-order valence-electron chi connectivity index (χ2n) is 5.59. The molecule has 0 atom stereocenters. The topological polar surface area (TPSA) is 38.3 Å². The van der Waals surface area contributed by atoms with E-state index in [-0.39, 0.29) is 5.91 Å². The van der Waals surface area contributed by atoms with E-state index in [1.165, 1.54) is 0 Å². The number of para-hydroxylation sites is 2. The largest absolute Gasteiger partial charge is 0.496 e. The summed E-state index contributed by atoms with van der Waals surface area (Å²) in [6.07, 6.45) is 0. The quantitative estimate of drug-likeness (QED) is 0.923. The van der Waals surface area contributed by atoms with Crippen molar-refractivity contribution in [1.82, 2.24) is 0 Å². The molecule has 21 heavy (non-hydrogen) atoms. The molecule has 2 aromatic carbocycles. The molecule has 0 aromatic heterocycles. The van der Waals surface area contributed by atoms with Crippen LogP contribution in [0.1, 0.15) is 25.0 Å². The Morgan fingerprint density at radius 1 is 1.05 bits per heavy atom. The molecule has 0 aliphatic heterocycles. The number of anilines is 1. The molecule has 0 fully saturated rings. The van der Waals surface area contributed by atoms with Crippen LogP contribution >= 0.6 is 0 Å². The minimum atomic E-state index is -0.686. The summed E-state index contributed by atoms with van der Waals surface area (Å²) in [6, 6.07) is 15.4. The summed E-state index contributed by atoms with van der Waals surface area (Å²) in [5, 5.41) is 3.01. The van der Waals surface area contributed by atoms with Crippen molar-refractivity contribution in [2.24, 2.45) is 0 Å². The average molecular weight is 283 g/mol. The van der Waals surface area contributed by atoms with E-state index in [9.17, 15) is 4.79 Å². The standard InChI is InChI=1S/C18H21NO2/c1-13-9-5-7-11-15(13)19-17(20)18(2,3)14-10-6-8-12-16(14)21-4/h5-12H,1-4H3,(H,19,20). The van der Waals surface area contributed by atoms with Crippen molar-refractivity contribution >= 4 is 11.6 Å². The van der Waals surface area contributed by atoms with Gasteiger partial charge in [0.1, 0.15) is 5.75 Å². The van der Waals surface area contributed by atoms with Crippen molar-refractivity contribution in [2.75, 3.05) is 12.4 Å². The Morgan fingerprint density at radius 3 is 2.33 bits per heavy atom. The first-order chi connectivity index (χ1) is 9.96. The molecular formula is C18H21NO2. The molecule has 0 radical (unpaired) electrons. The molecule has 1 amide bonds. The van der Waals surface area contributed by atoms with Gasteiger partial charge in [0, 0.05) is 11.3 Å². The zero-order chi connectivity index (χ0) is 15.5. The lowest BCUT2D eigenvalue weighted by Gasteiger charge is -2.26. The highest BCUT2D eigenvalue weighted by Gasteiger charge is 2.32. The van der Waals surface area contributed by atoms with E-state index >= 15 is 0 Å². The van der Waals surface area contributed by atoms with Gasteiger partial charge in [-0.05, 0) is 38.5 Å². The fourth-order valence-corrected chi connectivity index (χ4v) is 2.28. The van der Waals surface area contributed by atoms with Gasteiger partial charge in [-0.15, -0.1) is 0 Å².